The molecule has 3 rings (SSSR count). The van der Waals surface area contributed by atoms with E-state index >= 15 is 0 Å². The molecule has 1 saturated carbocycles. The van der Waals surface area contributed by atoms with E-state index in [1.54, 1.807) is 0 Å². The fraction of sp³-hybridized carbons (Fsp3) is 0.625. The number of thioether (sulfide) groups is 1. The van der Waals surface area contributed by atoms with Gasteiger partial charge in [0.15, 0.2) is 5.17 Å². The van der Waals surface area contributed by atoms with Crippen LogP contribution >= 0.6 is 11.8 Å². The van der Waals surface area contributed by atoms with E-state index in [-0.39, 0.29) is 0 Å². The maximum Gasteiger partial charge on any atom is 0.157 e. The van der Waals surface area contributed by atoms with Crippen LogP contribution in [0.3, 0.4) is 0 Å². The number of nitrogens with zero attached hydrogens (tertiary/aromatic N) is 2. The second kappa shape index (κ2) is 6.17. The molecule has 1 aromatic heterocycles. The average molecular weight is 289 g/mol. The zero-order chi connectivity index (χ0) is 13.8. The molecule has 1 N–H and O–H groups in total. The summed E-state index contributed by atoms with van der Waals surface area (Å²) in [6.07, 6.45) is 9.63. The predicted octanol–water partition coefficient (Wildman–Crippen LogP) is 3.54. The van der Waals surface area contributed by atoms with Gasteiger partial charge in [0.25, 0.3) is 0 Å². The average Bonchev–Trinajstić information content (AvgIpc) is 2.89. The zero-order valence-corrected chi connectivity index (χ0v) is 13.0. The largest absolute Gasteiger partial charge is 0.359 e. The molecule has 108 valence electrons. The van der Waals surface area contributed by atoms with Crippen LogP contribution in [0.2, 0.25) is 0 Å². The molecular weight excluding hydrogens is 266 g/mol. The Bertz CT molecular complexity index is 492. The zero-order valence-electron chi connectivity index (χ0n) is 12.2. The molecule has 0 atom stereocenters. The highest BCUT2D eigenvalue weighted by Gasteiger charge is 2.37. The summed E-state index contributed by atoms with van der Waals surface area (Å²) in [5.74, 6) is 1.19. The lowest BCUT2D eigenvalue weighted by atomic mass is 9.83. The van der Waals surface area contributed by atoms with Gasteiger partial charge in [0.1, 0.15) is 0 Å². The first-order valence-electron chi connectivity index (χ1n) is 7.69. The molecule has 1 aliphatic heterocycles. The lowest BCUT2D eigenvalue weighted by molar-refractivity contribution is 0.303. The second-order valence-corrected chi connectivity index (χ2v) is 6.80. The first-order chi connectivity index (χ1) is 9.81. The van der Waals surface area contributed by atoms with Gasteiger partial charge in [0.2, 0.25) is 0 Å². The van der Waals surface area contributed by atoms with Crippen LogP contribution < -0.4 is 5.32 Å². The van der Waals surface area contributed by atoms with E-state index < -0.39 is 0 Å². The fourth-order valence-electron chi connectivity index (χ4n) is 3.17. The number of aliphatic imine (C=N–C) groups is 1. The highest BCUT2D eigenvalue weighted by molar-refractivity contribution is 8.14. The Balaban J connectivity index is 1.65. The van der Waals surface area contributed by atoms with Crippen molar-refractivity contribution in [3.05, 3.63) is 29.6 Å². The van der Waals surface area contributed by atoms with Gasteiger partial charge in [0.05, 0.1) is 12.2 Å². The lowest BCUT2D eigenvalue weighted by Gasteiger charge is -2.32. The van der Waals surface area contributed by atoms with Crippen molar-refractivity contribution in [2.75, 3.05) is 5.75 Å². The van der Waals surface area contributed by atoms with E-state index in [0.717, 1.165) is 17.3 Å². The van der Waals surface area contributed by atoms with Crippen LogP contribution in [0.4, 0.5) is 0 Å². The van der Waals surface area contributed by atoms with Gasteiger partial charge in [-0.3, -0.25) is 9.98 Å². The minimum atomic E-state index is 0.347. The molecule has 0 radical (unpaired) electrons. The first-order valence-corrected chi connectivity index (χ1v) is 8.68. The molecule has 0 amide bonds. The van der Waals surface area contributed by atoms with Crippen molar-refractivity contribution in [2.45, 2.75) is 57.5 Å². The quantitative estimate of drug-likeness (QED) is 0.925. The normalized spacial score (nSPS) is 23.1. The minimum absolute atomic E-state index is 0.347. The SMILES string of the molecule is CCc1cccnc1CN=C1NC2(CCCCC2)CS1. The maximum absolute atomic E-state index is 4.76. The summed E-state index contributed by atoms with van der Waals surface area (Å²) >= 11 is 1.89. The van der Waals surface area contributed by atoms with E-state index in [1.165, 1.54) is 43.4 Å². The maximum atomic E-state index is 4.76. The molecule has 0 unspecified atom stereocenters. The highest BCUT2D eigenvalue weighted by Crippen LogP contribution is 2.36. The van der Waals surface area contributed by atoms with E-state index in [4.69, 9.17) is 4.99 Å². The molecule has 2 heterocycles. The number of rotatable bonds is 3. The van der Waals surface area contributed by atoms with E-state index in [1.807, 2.05) is 24.0 Å². The molecule has 1 spiro atoms. The summed E-state index contributed by atoms with van der Waals surface area (Å²) in [5.41, 5.74) is 2.78. The van der Waals surface area contributed by atoms with Crippen molar-refractivity contribution in [1.29, 1.82) is 0 Å². The highest BCUT2D eigenvalue weighted by atomic mass is 32.2. The molecule has 3 nitrogen and oxygen atoms in total. The van der Waals surface area contributed by atoms with E-state index in [9.17, 15) is 0 Å². The van der Waals surface area contributed by atoms with Crippen molar-refractivity contribution in [3.63, 3.8) is 0 Å². The Labute approximate surface area is 125 Å². The van der Waals surface area contributed by atoms with Crippen LogP contribution in [-0.4, -0.2) is 21.4 Å². The van der Waals surface area contributed by atoms with Crippen LogP contribution in [0.25, 0.3) is 0 Å². The number of amidine groups is 1. The van der Waals surface area contributed by atoms with Gasteiger partial charge in [0, 0.05) is 17.5 Å². The number of aromatic nitrogens is 1. The number of hydrogen-bond donors (Lipinski definition) is 1. The number of pyridine rings is 1. The van der Waals surface area contributed by atoms with Crippen LogP contribution in [-0.2, 0) is 13.0 Å². The third kappa shape index (κ3) is 3.00. The molecule has 4 heteroatoms. The summed E-state index contributed by atoms with van der Waals surface area (Å²) in [6, 6.07) is 4.16. The monoisotopic (exact) mass is 289 g/mol. The molecule has 20 heavy (non-hydrogen) atoms. The van der Waals surface area contributed by atoms with Gasteiger partial charge in [-0.25, -0.2) is 0 Å². The third-order valence-corrected chi connectivity index (χ3v) is 5.61. The summed E-state index contributed by atoms with van der Waals surface area (Å²) in [5, 5.41) is 4.82. The summed E-state index contributed by atoms with van der Waals surface area (Å²) in [7, 11) is 0. The van der Waals surface area contributed by atoms with Crippen molar-refractivity contribution < 1.29 is 0 Å². The molecule has 0 aromatic carbocycles. The van der Waals surface area contributed by atoms with Crippen molar-refractivity contribution in [3.8, 4) is 0 Å². The molecule has 1 aliphatic carbocycles. The topological polar surface area (TPSA) is 37.3 Å². The van der Waals surface area contributed by atoms with Gasteiger partial charge >= 0.3 is 0 Å². The Hall–Kier alpha value is -1.03. The van der Waals surface area contributed by atoms with Gasteiger partial charge in [-0.2, -0.15) is 0 Å². The Morgan fingerprint density at radius 1 is 1.35 bits per heavy atom. The minimum Gasteiger partial charge on any atom is -0.359 e. The second-order valence-electron chi connectivity index (χ2n) is 5.84. The third-order valence-electron chi connectivity index (χ3n) is 4.41. The fourth-order valence-corrected chi connectivity index (χ4v) is 4.39. The van der Waals surface area contributed by atoms with Gasteiger partial charge in [-0.15, -0.1) is 0 Å². The Morgan fingerprint density at radius 3 is 3.00 bits per heavy atom. The summed E-state index contributed by atoms with van der Waals surface area (Å²) in [6.45, 7) is 2.88. The van der Waals surface area contributed by atoms with E-state index in [2.05, 4.69) is 23.3 Å². The summed E-state index contributed by atoms with van der Waals surface area (Å²) < 4.78 is 0. The van der Waals surface area contributed by atoms with Crippen molar-refractivity contribution in [2.24, 2.45) is 4.99 Å². The van der Waals surface area contributed by atoms with Crippen LogP contribution in [0, 0.1) is 0 Å². The first kappa shape index (κ1) is 13.9. The Morgan fingerprint density at radius 2 is 2.20 bits per heavy atom. The molecular formula is C16H23N3S. The standard InChI is InChI=1S/C16H23N3S/c1-2-13-7-6-10-17-14(13)11-18-15-19-16(12-20-15)8-4-3-5-9-16/h6-7,10H,2-5,8-9,11-12H2,1H3,(H,18,19). The molecule has 1 aromatic rings. The van der Waals surface area contributed by atoms with Crippen LogP contribution in [0.15, 0.2) is 23.3 Å². The van der Waals surface area contributed by atoms with Gasteiger partial charge in [-0.1, -0.05) is 44.0 Å². The van der Waals surface area contributed by atoms with E-state index in [0.29, 0.717) is 12.1 Å². The van der Waals surface area contributed by atoms with Gasteiger partial charge in [-0.05, 0) is 30.9 Å². The predicted molar refractivity (Wildman–Crippen MR) is 86.2 cm³/mol. The molecule has 2 aliphatic rings. The number of hydrogen-bond acceptors (Lipinski definition) is 3. The lowest BCUT2D eigenvalue weighted by Crippen LogP contribution is -2.45. The molecule has 0 bridgehead atoms. The van der Waals surface area contributed by atoms with Crippen LogP contribution in [0.1, 0.15) is 50.3 Å². The van der Waals surface area contributed by atoms with Crippen molar-refractivity contribution >= 4 is 16.9 Å². The van der Waals surface area contributed by atoms with Crippen LogP contribution in [0.5, 0.6) is 0 Å². The smallest absolute Gasteiger partial charge is 0.157 e. The molecule has 1 saturated heterocycles. The number of nitrogens with one attached hydrogen (secondary N) is 1. The van der Waals surface area contributed by atoms with Crippen molar-refractivity contribution in [1.82, 2.24) is 10.3 Å². The molecule has 2 fully saturated rings. The Kier molecular flexibility index (Phi) is 4.29. The van der Waals surface area contributed by atoms with Gasteiger partial charge < -0.3 is 5.32 Å². The summed E-state index contributed by atoms with van der Waals surface area (Å²) in [4.78, 5) is 9.23. The number of aryl methyl sites for hydroxylation is 1.